The molecule has 4 nitrogen and oxygen atoms in total. The molecule has 1 aliphatic rings. The maximum atomic E-state index is 12.1. The van der Waals surface area contributed by atoms with Crippen molar-refractivity contribution in [2.45, 2.75) is 39.2 Å². The summed E-state index contributed by atoms with van der Waals surface area (Å²) in [5.41, 5.74) is 7.28. The number of allylic oxidation sites excluding steroid dienone is 1. The van der Waals surface area contributed by atoms with Crippen molar-refractivity contribution in [2.75, 3.05) is 5.73 Å². The first-order valence-electron chi connectivity index (χ1n) is 6.44. The third-order valence-electron chi connectivity index (χ3n) is 3.80. The summed E-state index contributed by atoms with van der Waals surface area (Å²) in [6.45, 7) is 7.74. The fourth-order valence-electron chi connectivity index (χ4n) is 2.31. The molecule has 1 fully saturated rings. The van der Waals surface area contributed by atoms with Crippen LogP contribution >= 0.6 is 0 Å². The maximum absolute atomic E-state index is 12.1. The number of rotatable bonds is 4. The minimum atomic E-state index is -0.0908. The maximum Gasteiger partial charge on any atom is 0.255 e. The molecule has 3 N–H and O–H groups in total. The summed E-state index contributed by atoms with van der Waals surface area (Å²) in [6.07, 6.45) is 5.48. The van der Waals surface area contributed by atoms with E-state index in [1.807, 2.05) is 6.92 Å². The molecule has 1 aromatic heterocycles. The summed E-state index contributed by atoms with van der Waals surface area (Å²) in [7, 11) is 0. The average Bonchev–Trinajstić information content (AvgIpc) is 2.56. The molecule has 4 heteroatoms. The van der Waals surface area contributed by atoms with Crippen LogP contribution in [0.3, 0.4) is 0 Å². The van der Waals surface area contributed by atoms with E-state index in [0.717, 1.165) is 5.70 Å². The zero-order valence-corrected chi connectivity index (χ0v) is 11.1. The summed E-state index contributed by atoms with van der Waals surface area (Å²) in [4.78, 5) is 12.1. The average molecular weight is 249 g/mol. The lowest BCUT2D eigenvalue weighted by Crippen LogP contribution is -2.40. The Bertz CT molecular complexity index is 477. The highest BCUT2D eigenvalue weighted by atomic mass is 16.1. The fraction of sp³-hybridized carbons (Fsp3) is 0.500. The van der Waals surface area contributed by atoms with E-state index in [9.17, 15) is 4.79 Å². The van der Waals surface area contributed by atoms with E-state index < -0.39 is 0 Å². The molecule has 1 aliphatic carbocycles. The van der Waals surface area contributed by atoms with Gasteiger partial charge in [0.05, 0.1) is 5.56 Å². The standard InChI is InChI=1S/C14H21N3O.H2/c1-9(2)17-8-7-12(13(17)15)14(18)16-10(3)11-5-4-6-11;/h7-8,10-11H,1,4-6,15H2,2-3H3,(H,16,18);1H/t10-;/m1./s1. The van der Waals surface area contributed by atoms with Gasteiger partial charge < -0.3 is 15.6 Å². The van der Waals surface area contributed by atoms with Crippen molar-refractivity contribution in [3.63, 3.8) is 0 Å². The van der Waals surface area contributed by atoms with Gasteiger partial charge in [-0.05, 0) is 38.7 Å². The van der Waals surface area contributed by atoms with E-state index in [1.165, 1.54) is 19.3 Å². The van der Waals surface area contributed by atoms with Gasteiger partial charge in [0.2, 0.25) is 0 Å². The molecule has 0 bridgehead atoms. The third kappa shape index (κ3) is 2.28. The van der Waals surface area contributed by atoms with E-state index >= 15 is 0 Å². The number of amides is 1. The Labute approximate surface area is 109 Å². The number of aromatic nitrogens is 1. The zero-order chi connectivity index (χ0) is 13.3. The topological polar surface area (TPSA) is 60.0 Å². The number of carbonyl (C=O) groups is 1. The molecule has 1 amide bonds. The Balaban J connectivity index is 0.00000180. The summed E-state index contributed by atoms with van der Waals surface area (Å²) >= 11 is 0. The van der Waals surface area contributed by atoms with Gasteiger partial charge in [-0.2, -0.15) is 0 Å². The molecule has 100 valence electrons. The molecule has 0 aliphatic heterocycles. The van der Waals surface area contributed by atoms with Gasteiger partial charge in [0.15, 0.2) is 0 Å². The van der Waals surface area contributed by atoms with Crippen molar-refractivity contribution in [2.24, 2.45) is 5.92 Å². The van der Waals surface area contributed by atoms with Crippen molar-refractivity contribution in [1.29, 1.82) is 0 Å². The lowest BCUT2D eigenvalue weighted by Gasteiger charge is -2.31. The largest absolute Gasteiger partial charge is 0.384 e. The minimum Gasteiger partial charge on any atom is -0.384 e. The van der Waals surface area contributed by atoms with Gasteiger partial charge >= 0.3 is 0 Å². The van der Waals surface area contributed by atoms with E-state index in [2.05, 4.69) is 18.8 Å². The molecule has 0 aromatic carbocycles. The van der Waals surface area contributed by atoms with Gasteiger partial charge in [-0.25, -0.2) is 0 Å². The second kappa shape index (κ2) is 4.88. The van der Waals surface area contributed by atoms with Gasteiger partial charge in [-0.1, -0.05) is 13.0 Å². The van der Waals surface area contributed by atoms with E-state index in [0.29, 0.717) is 17.3 Å². The van der Waals surface area contributed by atoms with Gasteiger partial charge in [-0.15, -0.1) is 0 Å². The smallest absolute Gasteiger partial charge is 0.255 e. The van der Waals surface area contributed by atoms with Gasteiger partial charge in [0.1, 0.15) is 5.82 Å². The molecule has 0 saturated heterocycles. The highest BCUT2D eigenvalue weighted by molar-refractivity contribution is 5.99. The normalized spacial score (nSPS) is 17.0. The predicted molar refractivity (Wildman–Crippen MR) is 76.2 cm³/mol. The SMILES string of the molecule is C=C(C)n1ccc(C(=O)N[C@H](C)C2CCC2)c1N.[HH]. The molecule has 1 atom stereocenters. The number of carbonyl (C=O) groups excluding carboxylic acids is 1. The molecular weight excluding hydrogens is 226 g/mol. The van der Waals surface area contributed by atoms with Crippen LogP contribution < -0.4 is 11.1 Å². The lowest BCUT2D eigenvalue weighted by molar-refractivity contribution is 0.0910. The van der Waals surface area contributed by atoms with E-state index in [4.69, 9.17) is 5.73 Å². The monoisotopic (exact) mass is 249 g/mol. The first-order valence-corrected chi connectivity index (χ1v) is 6.44. The Kier molecular flexibility index (Phi) is 3.45. The second-order valence-electron chi connectivity index (χ2n) is 5.17. The number of hydrogen-bond donors (Lipinski definition) is 2. The van der Waals surface area contributed by atoms with Crippen molar-refractivity contribution >= 4 is 17.4 Å². The Hall–Kier alpha value is -1.71. The lowest BCUT2D eigenvalue weighted by atomic mass is 9.80. The van der Waals surface area contributed by atoms with Crippen LogP contribution in [0.2, 0.25) is 0 Å². The molecule has 0 spiro atoms. The van der Waals surface area contributed by atoms with Gasteiger partial charge in [-0.3, -0.25) is 4.79 Å². The van der Waals surface area contributed by atoms with Crippen LogP contribution in [0.1, 0.15) is 44.9 Å². The van der Waals surface area contributed by atoms with Crippen molar-refractivity contribution in [1.82, 2.24) is 9.88 Å². The van der Waals surface area contributed by atoms with Crippen LogP contribution in [0.15, 0.2) is 18.8 Å². The minimum absolute atomic E-state index is 0. The molecule has 1 saturated carbocycles. The van der Waals surface area contributed by atoms with Gasteiger partial charge in [0.25, 0.3) is 5.91 Å². The van der Waals surface area contributed by atoms with Crippen molar-refractivity contribution < 1.29 is 6.22 Å². The summed E-state index contributed by atoms with van der Waals surface area (Å²) in [5, 5.41) is 3.03. The third-order valence-corrected chi connectivity index (χ3v) is 3.80. The van der Waals surface area contributed by atoms with Crippen LogP contribution in [0, 0.1) is 5.92 Å². The molecular formula is C14H23N3O. The van der Waals surface area contributed by atoms with E-state index in [1.54, 1.807) is 16.8 Å². The van der Waals surface area contributed by atoms with Crippen LogP contribution in [-0.4, -0.2) is 16.5 Å². The Morgan fingerprint density at radius 1 is 1.67 bits per heavy atom. The molecule has 18 heavy (non-hydrogen) atoms. The molecule has 0 unspecified atom stereocenters. The van der Waals surface area contributed by atoms with Crippen LogP contribution in [0.25, 0.3) is 5.70 Å². The Morgan fingerprint density at radius 3 is 2.78 bits per heavy atom. The molecule has 0 radical (unpaired) electrons. The number of anilines is 1. The van der Waals surface area contributed by atoms with E-state index in [-0.39, 0.29) is 13.4 Å². The van der Waals surface area contributed by atoms with Crippen LogP contribution in [0.5, 0.6) is 0 Å². The first-order chi connectivity index (χ1) is 8.50. The first kappa shape index (κ1) is 12.7. The fourth-order valence-corrected chi connectivity index (χ4v) is 2.31. The highest BCUT2D eigenvalue weighted by Crippen LogP contribution is 2.29. The number of hydrogen-bond acceptors (Lipinski definition) is 2. The summed E-state index contributed by atoms with van der Waals surface area (Å²) < 4.78 is 1.73. The number of nitrogens with zero attached hydrogens (tertiary/aromatic N) is 1. The van der Waals surface area contributed by atoms with Crippen LogP contribution in [0.4, 0.5) is 5.82 Å². The number of nitrogens with two attached hydrogens (primary N) is 1. The van der Waals surface area contributed by atoms with Crippen molar-refractivity contribution in [3.8, 4) is 0 Å². The van der Waals surface area contributed by atoms with Gasteiger partial charge in [0, 0.05) is 19.4 Å². The quantitative estimate of drug-likeness (QED) is 0.862. The second-order valence-corrected chi connectivity index (χ2v) is 5.17. The zero-order valence-electron chi connectivity index (χ0n) is 11.1. The molecule has 1 heterocycles. The summed E-state index contributed by atoms with van der Waals surface area (Å²) in [6, 6.07) is 1.96. The van der Waals surface area contributed by atoms with Crippen LogP contribution in [-0.2, 0) is 0 Å². The predicted octanol–water partition coefficient (Wildman–Crippen LogP) is 2.73. The Morgan fingerprint density at radius 2 is 2.33 bits per heavy atom. The summed E-state index contributed by atoms with van der Waals surface area (Å²) in [5.74, 6) is 0.992. The number of nitrogen functional groups attached to an aromatic ring is 1. The highest BCUT2D eigenvalue weighted by Gasteiger charge is 2.26. The van der Waals surface area contributed by atoms with Crippen molar-refractivity contribution in [3.05, 3.63) is 24.4 Å². The molecule has 1 aromatic rings. The molecule has 2 rings (SSSR count). The number of nitrogens with one attached hydrogen (secondary N) is 1.